The average molecular weight is 463 g/mol. The highest BCUT2D eigenvalue weighted by atomic mass is 16.6. The Balaban J connectivity index is 1.61. The molecule has 1 fully saturated rings. The maximum atomic E-state index is 13.0. The Bertz CT molecular complexity index is 1150. The van der Waals surface area contributed by atoms with Crippen LogP contribution in [0.25, 0.3) is 10.9 Å². The fourth-order valence-corrected chi connectivity index (χ4v) is 4.77. The smallest absolute Gasteiger partial charge is 0.270 e. The molecule has 180 valence electrons. The number of carbonyl (C=O) groups is 1. The van der Waals surface area contributed by atoms with Crippen LogP contribution in [-0.4, -0.2) is 46.9 Å². The number of nitro groups is 1. The van der Waals surface area contributed by atoms with E-state index in [-0.39, 0.29) is 34.3 Å². The standard InChI is InChI=1S/C27H34N4O3/c1-27(2,3)20-8-6-19(7-9-20)22(17-26(32)28-12-15-30-13-4-5-14-30)24-18-29-25-11-10-21(31(33)34)16-23(24)25/h6-11,16,18,22,29H,4-5,12-15,17H2,1-3H3,(H,28,32)/t22-/m1/s1. The summed E-state index contributed by atoms with van der Waals surface area (Å²) in [6.07, 6.45) is 4.62. The average Bonchev–Trinajstić information content (AvgIpc) is 3.46. The van der Waals surface area contributed by atoms with Crippen LogP contribution in [-0.2, 0) is 10.2 Å². The zero-order chi connectivity index (χ0) is 24.3. The number of H-pyrrole nitrogens is 1. The molecule has 0 unspecified atom stereocenters. The lowest BCUT2D eigenvalue weighted by Crippen LogP contribution is -2.34. The number of benzene rings is 2. The Labute approximate surface area is 200 Å². The number of carbonyl (C=O) groups excluding carboxylic acids is 1. The van der Waals surface area contributed by atoms with Gasteiger partial charge in [-0.15, -0.1) is 0 Å². The Morgan fingerprint density at radius 1 is 1.15 bits per heavy atom. The zero-order valence-corrected chi connectivity index (χ0v) is 20.3. The van der Waals surface area contributed by atoms with Crippen LogP contribution in [0.3, 0.4) is 0 Å². The summed E-state index contributed by atoms with van der Waals surface area (Å²) in [6.45, 7) is 10.2. The molecule has 3 aromatic rings. The maximum Gasteiger partial charge on any atom is 0.270 e. The van der Waals surface area contributed by atoms with E-state index in [0.29, 0.717) is 6.54 Å². The number of amides is 1. The number of rotatable bonds is 8. The first kappa shape index (κ1) is 24.0. The molecule has 1 aliphatic heterocycles. The van der Waals surface area contributed by atoms with Crippen LogP contribution in [0.15, 0.2) is 48.7 Å². The molecule has 0 aliphatic carbocycles. The Morgan fingerprint density at radius 3 is 2.50 bits per heavy atom. The van der Waals surface area contributed by atoms with Gasteiger partial charge >= 0.3 is 0 Å². The van der Waals surface area contributed by atoms with Crippen LogP contribution in [0, 0.1) is 10.1 Å². The van der Waals surface area contributed by atoms with Gasteiger partial charge < -0.3 is 15.2 Å². The van der Waals surface area contributed by atoms with Crippen LogP contribution in [0.5, 0.6) is 0 Å². The molecule has 2 heterocycles. The summed E-state index contributed by atoms with van der Waals surface area (Å²) < 4.78 is 0. The molecule has 1 aromatic heterocycles. The first-order valence-electron chi connectivity index (χ1n) is 12.1. The lowest BCUT2D eigenvalue weighted by molar-refractivity contribution is -0.384. The predicted octanol–water partition coefficient (Wildman–Crippen LogP) is 5.11. The fourth-order valence-electron chi connectivity index (χ4n) is 4.77. The van der Waals surface area contributed by atoms with Crippen LogP contribution in [0.1, 0.15) is 62.6 Å². The molecular formula is C27H34N4O3. The molecule has 7 nitrogen and oxygen atoms in total. The number of non-ortho nitro benzene ring substituents is 1. The molecule has 0 spiro atoms. The highest BCUT2D eigenvalue weighted by Gasteiger charge is 2.24. The Kier molecular flexibility index (Phi) is 7.03. The van der Waals surface area contributed by atoms with E-state index in [2.05, 4.69) is 60.2 Å². The summed E-state index contributed by atoms with van der Waals surface area (Å²) in [6, 6.07) is 13.2. The van der Waals surface area contributed by atoms with Crippen molar-refractivity contribution in [3.05, 3.63) is 75.5 Å². The van der Waals surface area contributed by atoms with Gasteiger partial charge in [-0.2, -0.15) is 0 Å². The number of nitrogens with one attached hydrogen (secondary N) is 2. The topological polar surface area (TPSA) is 91.3 Å². The highest BCUT2D eigenvalue weighted by Crippen LogP contribution is 2.36. The minimum Gasteiger partial charge on any atom is -0.361 e. The largest absolute Gasteiger partial charge is 0.361 e. The summed E-state index contributed by atoms with van der Waals surface area (Å²) in [5.74, 6) is -0.222. The summed E-state index contributed by atoms with van der Waals surface area (Å²) in [5.41, 5.74) is 4.05. The van der Waals surface area contributed by atoms with Crippen molar-refractivity contribution in [2.45, 2.75) is 51.4 Å². The third-order valence-electron chi connectivity index (χ3n) is 6.80. The van der Waals surface area contributed by atoms with Crippen molar-refractivity contribution in [1.82, 2.24) is 15.2 Å². The van der Waals surface area contributed by atoms with Gasteiger partial charge in [0.05, 0.1) is 4.92 Å². The van der Waals surface area contributed by atoms with Crippen molar-refractivity contribution in [2.24, 2.45) is 0 Å². The molecule has 2 aromatic carbocycles. The van der Waals surface area contributed by atoms with E-state index in [4.69, 9.17) is 0 Å². The summed E-state index contributed by atoms with van der Waals surface area (Å²) in [7, 11) is 0. The lowest BCUT2D eigenvalue weighted by Gasteiger charge is -2.22. The van der Waals surface area contributed by atoms with E-state index in [1.807, 2.05) is 6.20 Å². The van der Waals surface area contributed by atoms with E-state index < -0.39 is 0 Å². The van der Waals surface area contributed by atoms with Gasteiger partial charge in [-0.25, -0.2) is 0 Å². The van der Waals surface area contributed by atoms with Gasteiger partial charge in [0, 0.05) is 54.7 Å². The van der Waals surface area contributed by atoms with Crippen LogP contribution in [0.2, 0.25) is 0 Å². The Hall–Kier alpha value is -3.19. The molecule has 1 amide bonds. The molecule has 34 heavy (non-hydrogen) atoms. The minimum atomic E-state index is -0.381. The van der Waals surface area contributed by atoms with E-state index in [1.165, 1.54) is 24.5 Å². The quantitative estimate of drug-likeness (QED) is 0.360. The fraction of sp³-hybridized carbons (Fsp3) is 0.444. The van der Waals surface area contributed by atoms with Crippen molar-refractivity contribution in [3.63, 3.8) is 0 Å². The molecule has 7 heteroatoms. The molecule has 0 bridgehead atoms. The van der Waals surface area contributed by atoms with Gasteiger partial charge in [-0.3, -0.25) is 14.9 Å². The third kappa shape index (κ3) is 5.47. The van der Waals surface area contributed by atoms with Gasteiger partial charge in [0.2, 0.25) is 5.91 Å². The first-order valence-corrected chi connectivity index (χ1v) is 12.1. The van der Waals surface area contributed by atoms with Crippen molar-refractivity contribution < 1.29 is 9.72 Å². The van der Waals surface area contributed by atoms with Crippen molar-refractivity contribution in [3.8, 4) is 0 Å². The number of fused-ring (bicyclic) bond motifs is 1. The van der Waals surface area contributed by atoms with E-state index in [9.17, 15) is 14.9 Å². The minimum absolute atomic E-state index is 0.0103. The van der Waals surface area contributed by atoms with Crippen molar-refractivity contribution in [1.29, 1.82) is 0 Å². The maximum absolute atomic E-state index is 13.0. The Morgan fingerprint density at radius 2 is 1.85 bits per heavy atom. The number of hydrogen-bond acceptors (Lipinski definition) is 4. The van der Waals surface area contributed by atoms with Crippen molar-refractivity contribution >= 4 is 22.5 Å². The van der Waals surface area contributed by atoms with E-state index >= 15 is 0 Å². The van der Waals surface area contributed by atoms with Gasteiger partial charge in [0.1, 0.15) is 0 Å². The molecule has 1 saturated heterocycles. The van der Waals surface area contributed by atoms with Gasteiger partial charge in [-0.1, -0.05) is 45.0 Å². The van der Waals surface area contributed by atoms with Gasteiger partial charge in [0.25, 0.3) is 5.69 Å². The summed E-state index contributed by atoms with van der Waals surface area (Å²) in [4.78, 5) is 29.6. The highest BCUT2D eigenvalue weighted by molar-refractivity contribution is 5.87. The molecule has 1 atom stereocenters. The molecular weight excluding hydrogens is 428 g/mol. The van der Waals surface area contributed by atoms with Crippen LogP contribution in [0.4, 0.5) is 5.69 Å². The first-order chi connectivity index (χ1) is 16.2. The third-order valence-corrected chi connectivity index (χ3v) is 6.80. The molecule has 0 radical (unpaired) electrons. The number of likely N-dealkylation sites (tertiary alicyclic amines) is 1. The zero-order valence-electron chi connectivity index (χ0n) is 20.3. The van der Waals surface area contributed by atoms with Gasteiger partial charge in [0.15, 0.2) is 0 Å². The summed E-state index contributed by atoms with van der Waals surface area (Å²) >= 11 is 0. The molecule has 1 aliphatic rings. The number of aromatic amines is 1. The second-order valence-electron chi connectivity index (χ2n) is 10.3. The molecule has 2 N–H and O–H groups in total. The SMILES string of the molecule is CC(C)(C)c1ccc([C@@H](CC(=O)NCCN2CCCC2)c2c[nH]c3ccc([N+](=O)[O-])cc23)cc1. The van der Waals surface area contributed by atoms with Crippen molar-refractivity contribution in [2.75, 3.05) is 26.2 Å². The predicted molar refractivity (Wildman–Crippen MR) is 135 cm³/mol. The molecule has 4 rings (SSSR count). The lowest BCUT2D eigenvalue weighted by atomic mass is 9.83. The monoisotopic (exact) mass is 462 g/mol. The normalized spacial score (nSPS) is 15.5. The number of nitrogens with zero attached hydrogens (tertiary/aromatic N) is 2. The molecule has 0 saturated carbocycles. The van der Waals surface area contributed by atoms with Crippen LogP contribution < -0.4 is 5.32 Å². The number of hydrogen-bond donors (Lipinski definition) is 2. The van der Waals surface area contributed by atoms with E-state index in [1.54, 1.807) is 12.1 Å². The van der Waals surface area contributed by atoms with Crippen LogP contribution >= 0.6 is 0 Å². The number of nitro benzene ring substituents is 1. The second-order valence-corrected chi connectivity index (χ2v) is 10.3. The van der Waals surface area contributed by atoms with E-state index in [0.717, 1.165) is 41.7 Å². The second kappa shape index (κ2) is 9.97. The number of aromatic nitrogens is 1. The summed E-state index contributed by atoms with van der Waals surface area (Å²) in [5, 5.41) is 15.2. The van der Waals surface area contributed by atoms with Gasteiger partial charge in [-0.05, 0) is 54.1 Å².